The van der Waals surface area contributed by atoms with Gasteiger partial charge in [0.05, 0.1) is 20.3 Å². The maximum absolute atomic E-state index is 11.1. The predicted molar refractivity (Wildman–Crippen MR) is 76.9 cm³/mol. The molecule has 5 nitrogen and oxygen atoms in total. The van der Waals surface area contributed by atoms with E-state index in [-0.39, 0.29) is 18.6 Å². The standard InChI is InChI=1S/C15H23NO4/c1-4-20-15(17)11-19-10-9-16-12(2)13-7-5-6-8-14(13)18-3/h5-8,12,16H,4,9-11H2,1-3H3/t12-/m0/s1. The summed E-state index contributed by atoms with van der Waals surface area (Å²) in [6, 6.07) is 8.03. The van der Waals surface area contributed by atoms with Crippen LogP contribution in [0.1, 0.15) is 25.5 Å². The monoisotopic (exact) mass is 281 g/mol. The summed E-state index contributed by atoms with van der Waals surface area (Å²) in [6.07, 6.45) is 0. The lowest BCUT2D eigenvalue weighted by Gasteiger charge is -2.17. The Bertz CT molecular complexity index is 409. The van der Waals surface area contributed by atoms with Crippen LogP contribution in [0, 0.1) is 0 Å². The zero-order valence-electron chi connectivity index (χ0n) is 12.3. The molecule has 0 amide bonds. The summed E-state index contributed by atoms with van der Waals surface area (Å²) in [4.78, 5) is 11.1. The van der Waals surface area contributed by atoms with Gasteiger partial charge in [-0.25, -0.2) is 4.79 Å². The predicted octanol–water partition coefficient (Wildman–Crippen LogP) is 1.93. The van der Waals surface area contributed by atoms with Crippen LogP contribution in [0.2, 0.25) is 0 Å². The summed E-state index contributed by atoms with van der Waals surface area (Å²) in [5.74, 6) is 0.533. The number of hydrogen-bond acceptors (Lipinski definition) is 5. The molecule has 0 heterocycles. The van der Waals surface area contributed by atoms with E-state index in [1.165, 1.54) is 0 Å². The van der Waals surface area contributed by atoms with Crippen LogP contribution in [0.5, 0.6) is 5.75 Å². The first-order valence-electron chi connectivity index (χ1n) is 6.78. The molecule has 112 valence electrons. The SMILES string of the molecule is CCOC(=O)COCCN[C@@H](C)c1ccccc1OC. The van der Waals surface area contributed by atoms with Crippen molar-refractivity contribution in [3.8, 4) is 5.75 Å². The van der Waals surface area contributed by atoms with Gasteiger partial charge in [0.15, 0.2) is 0 Å². The van der Waals surface area contributed by atoms with Crippen LogP contribution in [-0.2, 0) is 14.3 Å². The average molecular weight is 281 g/mol. The molecule has 1 atom stereocenters. The highest BCUT2D eigenvalue weighted by atomic mass is 16.6. The van der Waals surface area contributed by atoms with Crippen molar-refractivity contribution in [1.82, 2.24) is 5.32 Å². The molecule has 1 aromatic carbocycles. The first-order chi connectivity index (χ1) is 9.69. The van der Waals surface area contributed by atoms with Gasteiger partial charge in [-0.15, -0.1) is 0 Å². The molecule has 0 spiro atoms. The molecule has 0 fully saturated rings. The molecule has 0 saturated heterocycles. The molecule has 0 aliphatic heterocycles. The van der Waals surface area contributed by atoms with Crippen LogP contribution >= 0.6 is 0 Å². The Balaban J connectivity index is 2.26. The number of nitrogens with one attached hydrogen (secondary N) is 1. The molecule has 0 aliphatic carbocycles. The highest BCUT2D eigenvalue weighted by Gasteiger charge is 2.09. The second-order valence-corrected chi connectivity index (χ2v) is 4.28. The summed E-state index contributed by atoms with van der Waals surface area (Å²) in [5, 5.41) is 3.32. The van der Waals surface area contributed by atoms with E-state index in [1.54, 1.807) is 14.0 Å². The van der Waals surface area contributed by atoms with E-state index in [1.807, 2.05) is 24.3 Å². The van der Waals surface area contributed by atoms with Crippen LogP contribution in [-0.4, -0.2) is 39.4 Å². The number of para-hydroxylation sites is 1. The third-order valence-corrected chi connectivity index (χ3v) is 2.83. The average Bonchev–Trinajstić information content (AvgIpc) is 2.47. The third-order valence-electron chi connectivity index (χ3n) is 2.83. The molecule has 0 saturated carbocycles. The molecule has 0 radical (unpaired) electrons. The Labute approximate surface area is 120 Å². The van der Waals surface area contributed by atoms with Gasteiger partial charge in [-0.2, -0.15) is 0 Å². The van der Waals surface area contributed by atoms with Gasteiger partial charge in [-0.3, -0.25) is 0 Å². The Morgan fingerprint density at radius 3 is 2.80 bits per heavy atom. The topological polar surface area (TPSA) is 56.8 Å². The van der Waals surface area contributed by atoms with Gasteiger partial charge in [-0.1, -0.05) is 18.2 Å². The molecule has 5 heteroatoms. The van der Waals surface area contributed by atoms with Crippen molar-refractivity contribution >= 4 is 5.97 Å². The van der Waals surface area contributed by atoms with E-state index >= 15 is 0 Å². The zero-order chi connectivity index (χ0) is 14.8. The van der Waals surface area contributed by atoms with Crippen molar-refractivity contribution in [1.29, 1.82) is 0 Å². The van der Waals surface area contributed by atoms with Gasteiger partial charge in [0.25, 0.3) is 0 Å². The fourth-order valence-corrected chi connectivity index (χ4v) is 1.84. The van der Waals surface area contributed by atoms with Gasteiger partial charge in [-0.05, 0) is 19.9 Å². The number of carbonyl (C=O) groups is 1. The largest absolute Gasteiger partial charge is 0.496 e. The quantitative estimate of drug-likeness (QED) is 0.553. The Kier molecular flexibility index (Phi) is 7.69. The fourth-order valence-electron chi connectivity index (χ4n) is 1.84. The van der Waals surface area contributed by atoms with Crippen molar-refractivity contribution in [2.75, 3.05) is 33.5 Å². The number of carbonyl (C=O) groups excluding carboxylic acids is 1. The zero-order valence-corrected chi connectivity index (χ0v) is 12.3. The number of ether oxygens (including phenoxy) is 3. The van der Waals surface area contributed by atoms with E-state index in [4.69, 9.17) is 14.2 Å². The molecule has 0 aliphatic rings. The lowest BCUT2D eigenvalue weighted by atomic mass is 10.1. The Morgan fingerprint density at radius 1 is 1.35 bits per heavy atom. The van der Waals surface area contributed by atoms with Crippen LogP contribution < -0.4 is 10.1 Å². The van der Waals surface area contributed by atoms with Crippen molar-refractivity contribution < 1.29 is 19.0 Å². The molecule has 1 N–H and O–H groups in total. The second kappa shape index (κ2) is 9.34. The molecular formula is C15H23NO4. The summed E-state index contributed by atoms with van der Waals surface area (Å²) >= 11 is 0. The molecule has 1 rings (SSSR count). The van der Waals surface area contributed by atoms with Crippen molar-refractivity contribution in [3.05, 3.63) is 29.8 Å². The minimum Gasteiger partial charge on any atom is -0.496 e. The van der Waals surface area contributed by atoms with Crippen molar-refractivity contribution in [2.24, 2.45) is 0 Å². The number of methoxy groups -OCH3 is 1. The summed E-state index contributed by atoms with van der Waals surface area (Å²) < 4.78 is 15.3. The number of hydrogen-bond donors (Lipinski definition) is 1. The fraction of sp³-hybridized carbons (Fsp3) is 0.533. The van der Waals surface area contributed by atoms with E-state index in [9.17, 15) is 4.79 Å². The Hall–Kier alpha value is -1.59. The molecular weight excluding hydrogens is 258 g/mol. The highest BCUT2D eigenvalue weighted by Crippen LogP contribution is 2.23. The summed E-state index contributed by atoms with van der Waals surface area (Å²) in [5.41, 5.74) is 1.10. The second-order valence-electron chi connectivity index (χ2n) is 4.28. The van der Waals surface area contributed by atoms with Gasteiger partial charge in [0.1, 0.15) is 12.4 Å². The summed E-state index contributed by atoms with van der Waals surface area (Å²) in [7, 11) is 1.66. The van der Waals surface area contributed by atoms with Crippen LogP contribution in [0.15, 0.2) is 24.3 Å². The first-order valence-corrected chi connectivity index (χ1v) is 6.78. The third kappa shape index (κ3) is 5.59. The van der Waals surface area contributed by atoms with Crippen LogP contribution in [0.4, 0.5) is 0 Å². The van der Waals surface area contributed by atoms with E-state index in [0.29, 0.717) is 19.8 Å². The van der Waals surface area contributed by atoms with Crippen LogP contribution in [0.3, 0.4) is 0 Å². The number of benzene rings is 1. The first kappa shape index (κ1) is 16.5. The molecule has 20 heavy (non-hydrogen) atoms. The van der Waals surface area contributed by atoms with Crippen molar-refractivity contribution in [3.63, 3.8) is 0 Å². The van der Waals surface area contributed by atoms with Gasteiger partial charge >= 0.3 is 5.97 Å². The number of esters is 1. The van der Waals surface area contributed by atoms with Crippen LogP contribution in [0.25, 0.3) is 0 Å². The highest BCUT2D eigenvalue weighted by molar-refractivity contribution is 5.70. The van der Waals surface area contributed by atoms with Crippen molar-refractivity contribution in [2.45, 2.75) is 19.9 Å². The number of rotatable bonds is 9. The maximum atomic E-state index is 11.1. The summed E-state index contributed by atoms with van der Waals surface area (Å²) in [6.45, 7) is 5.32. The van der Waals surface area contributed by atoms with E-state index in [2.05, 4.69) is 12.2 Å². The molecule has 0 unspecified atom stereocenters. The molecule has 0 bridgehead atoms. The smallest absolute Gasteiger partial charge is 0.332 e. The minimum atomic E-state index is -0.328. The van der Waals surface area contributed by atoms with Gasteiger partial charge in [0, 0.05) is 18.2 Å². The normalized spacial score (nSPS) is 11.9. The van der Waals surface area contributed by atoms with Gasteiger partial charge < -0.3 is 19.5 Å². The maximum Gasteiger partial charge on any atom is 0.332 e. The van der Waals surface area contributed by atoms with E-state index < -0.39 is 0 Å². The molecule has 1 aromatic rings. The minimum absolute atomic E-state index is 0.00143. The van der Waals surface area contributed by atoms with E-state index in [0.717, 1.165) is 11.3 Å². The Morgan fingerprint density at radius 2 is 2.10 bits per heavy atom. The lowest BCUT2D eigenvalue weighted by molar-refractivity contribution is -0.148. The molecule has 0 aromatic heterocycles. The van der Waals surface area contributed by atoms with Gasteiger partial charge in [0.2, 0.25) is 0 Å². The lowest BCUT2D eigenvalue weighted by Crippen LogP contribution is -2.25.